The lowest BCUT2D eigenvalue weighted by atomic mass is 10.1. The lowest BCUT2D eigenvalue weighted by Gasteiger charge is -2.24. The van der Waals surface area contributed by atoms with Gasteiger partial charge in [0.05, 0.1) is 6.04 Å². The maximum atomic E-state index is 12.2. The van der Waals surface area contributed by atoms with E-state index in [1.54, 1.807) is 4.90 Å². The molecule has 0 radical (unpaired) electrons. The van der Waals surface area contributed by atoms with Gasteiger partial charge in [-0.1, -0.05) is 25.5 Å². The minimum atomic E-state index is -0.388. The molecule has 1 atom stereocenters. The Morgan fingerprint density at radius 1 is 1.41 bits per heavy atom. The van der Waals surface area contributed by atoms with Crippen LogP contribution in [0.5, 0.6) is 0 Å². The van der Waals surface area contributed by atoms with Crippen molar-refractivity contribution in [1.82, 2.24) is 0 Å². The highest BCUT2D eigenvalue weighted by atomic mass is 16.2. The summed E-state index contributed by atoms with van der Waals surface area (Å²) in [6, 6.07) is 7.56. The van der Waals surface area contributed by atoms with Crippen molar-refractivity contribution in [1.29, 1.82) is 0 Å². The quantitative estimate of drug-likeness (QED) is 0.850. The van der Waals surface area contributed by atoms with Crippen molar-refractivity contribution in [3.63, 3.8) is 0 Å². The Morgan fingerprint density at radius 3 is 2.65 bits per heavy atom. The second-order valence-electron chi connectivity index (χ2n) is 4.32. The number of amides is 1. The van der Waals surface area contributed by atoms with Crippen LogP contribution in [0.15, 0.2) is 24.3 Å². The SMILES string of the molecule is CCC[C@@H](N)C(=O)N(CC)c1cccc(C)c1. The van der Waals surface area contributed by atoms with E-state index in [2.05, 4.69) is 0 Å². The van der Waals surface area contributed by atoms with Crippen LogP contribution in [-0.2, 0) is 4.79 Å². The first-order valence-corrected chi connectivity index (χ1v) is 6.23. The van der Waals surface area contributed by atoms with Crippen molar-refractivity contribution in [3.05, 3.63) is 29.8 Å². The number of rotatable bonds is 5. The van der Waals surface area contributed by atoms with Crippen molar-refractivity contribution in [2.75, 3.05) is 11.4 Å². The molecule has 94 valence electrons. The standard InChI is InChI=1S/C14H22N2O/c1-4-7-13(15)14(17)16(5-2)12-9-6-8-11(3)10-12/h6,8-10,13H,4-5,7,15H2,1-3H3/t13-/m1/s1. The molecule has 0 bridgehead atoms. The maximum Gasteiger partial charge on any atom is 0.243 e. The zero-order chi connectivity index (χ0) is 12.8. The molecule has 17 heavy (non-hydrogen) atoms. The molecule has 0 aromatic heterocycles. The Morgan fingerprint density at radius 2 is 2.12 bits per heavy atom. The molecule has 0 aliphatic carbocycles. The number of nitrogens with zero attached hydrogens (tertiary/aromatic N) is 1. The van der Waals surface area contributed by atoms with Gasteiger partial charge in [-0.15, -0.1) is 0 Å². The van der Waals surface area contributed by atoms with E-state index in [4.69, 9.17) is 5.73 Å². The number of carbonyl (C=O) groups is 1. The molecule has 2 N–H and O–H groups in total. The number of benzene rings is 1. The molecule has 0 unspecified atom stereocenters. The Labute approximate surface area is 104 Å². The molecule has 1 rings (SSSR count). The Balaban J connectivity index is 2.88. The van der Waals surface area contributed by atoms with Crippen LogP contribution in [-0.4, -0.2) is 18.5 Å². The van der Waals surface area contributed by atoms with Crippen molar-refractivity contribution < 1.29 is 4.79 Å². The van der Waals surface area contributed by atoms with Gasteiger partial charge in [0.1, 0.15) is 0 Å². The van der Waals surface area contributed by atoms with Crippen LogP contribution in [0.1, 0.15) is 32.3 Å². The summed E-state index contributed by atoms with van der Waals surface area (Å²) in [6.07, 6.45) is 1.67. The first-order chi connectivity index (χ1) is 8.10. The molecule has 0 saturated heterocycles. The van der Waals surface area contributed by atoms with Crippen LogP contribution in [0.25, 0.3) is 0 Å². The van der Waals surface area contributed by atoms with E-state index in [0.29, 0.717) is 6.54 Å². The lowest BCUT2D eigenvalue weighted by molar-refractivity contribution is -0.119. The van der Waals surface area contributed by atoms with Gasteiger partial charge in [-0.2, -0.15) is 0 Å². The van der Waals surface area contributed by atoms with Gasteiger partial charge < -0.3 is 10.6 Å². The van der Waals surface area contributed by atoms with Crippen LogP contribution >= 0.6 is 0 Å². The van der Waals surface area contributed by atoms with E-state index in [0.717, 1.165) is 24.1 Å². The molecule has 0 saturated carbocycles. The van der Waals surface area contributed by atoms with Crippen molar-refractivity contribution >= 4 is 11.6 Å². The fraction of sp³-hybridized carbons (Fsp3) is 0.500. The number of anilines is 1. The fourth-order valence-corrected chi connectivity index (χ4v) is 1.90. The third-order valence-electron chi connectivity index (χ3n) is 2.81. The van der Waals surface area contributed by atoms with E-state index < -0.39 is 0 Å². The summed E-state index contributed by atoms with van der Waals surface area (Å²) >= 11 is 0. The summed E-state index contributed by atoms with van der Waals surface area (Å²) in [5, 5.41) is 0. The normalized spacial score (nSPS) is 12.2. The lowest BCUT2D eigenvalue weighted by Crippen LogP contribution is -2.43. The van der Waals surface area contributed by atoms with Crippen molar-refractivity contribution in [2.45, 2.75) is 39.7 Å². The maximum absolute atomic E-state index is 12.2. The third kappa shape index (κ3) is 3.56. The summed E-state index contributed by atoms with van der Waals surface area (Å²) < 4.78 is 0. The van der Waals surface area contributed by atoms with Crippen LogP contribution in [0, 0.1) is 6.92 Å². The molecular formula is C14H22N2O. The smallest absolute Gasteiger partial charge is 0.243 e. The molecule has 3 nitrogen and oxygen atoms in total. The molecule has 0 heterocycles. The number of carbonyl (C=O) groups excluding carboxylic acids is 1. The zero-order valence-corrected chi connectivity index (χ0v) is 10.9. The third-order valence-corrected chi connectivity index (χ3v) is 2.81. The average Bonchev–Trinajstić information content (AvgIpc) is 2.30. The van der Waals surface area contributed by atoms with Crippen LogP contribution in [0.2, 0.25) is 0 Å². The topological polar surface area (TPSA) is 46.3 Å². The summed E-state index contributed by atoms with van der Waals surface area (Å²) in [6.45, 7) is 6.68. The van der Waals surface area contributed by atoms with E-state index in [1.807, 2.05) is 45.0 Å². The van der Waals surface area contributed by atoms with E-state index >= 15 is 0 Å². The summed E-state index contributed by atoms with van der Waals surface area (Å²) in [5.74, 6) is 0.0138. The van der Waals surface area contributed by atoms with Crippen LogP contribution < -0.4 is 10.6 Å². The summed E-state index contributed by atoms with van der Waals surface area (Å²) in [4.78, 5) is 13.9. The van der Waals surface area contributed by atoms with Crippen molar-refractivity contribution in [3.8, 4) is 0 Å². The van der Waals surface area contributed by atoms with E-state index in [-0.39, 0.29) is 11.9 Å². The average molecular weight is 234 g/mol. The molecule has 1 amide bonds. The monoisotopic (exact) mass is 234 g/mol. The van der Waals surface area contributed by atoms with Gasteiger partial charge >= 0.3 is 0 Å². The zero-order valence-electron chi connectivity index (χ0n) is 10.9. The predicted molar refractivity (Wildman–Crippen MR) is 72.1 cm³/mol. The predicted octanol–water partition coefficient (Wildman–Crippen LogP) is 2.48. The molecule has 3 heteroatoms. The molecule has 1 aromatic rings. The van der Waals surface area contributed by atoms with Crippen LogP contribution in [0.3, 0.4) is 0 Å². The van der Waals surface area contributed by atoms with Crippen molar-refractivity contribution in [2.24, 2.45) is 5.73 Å². The second kappa shape index (κ2) is 6.40. The molecular weight excluding hydrogens is 212 g/mol. The van der Waals surface area contributed by atoms with Gasteiger partial charge in [-0.05, 0) is 38.0 Å². The van der Waals surface area contributed by atoms with E-state index in [1.165, 1.54) is 0 Å². The second-order valence-corrected chi connectivity index (χ2v) is 4.32. The van der Waals surface area contributed by atoms with Gasteiger partial charge in [-0.3, -0.25) is 4.79 Å². The summed E-state index contributed by atoms with van der Waals surface area (Å²) in [5.41, 5.74) is 7.97. The van der Waals surface area contributed by atoms with Gasteiger partial charge in [0.25, 0.3) is 0 Å². The van der Waals surface area contributed by atoms with Gasteiger partial charge in [0, 0.05) is 12.2 Å². The van der Waals surface area contributed by atoms with E-state index in [9.17, 15) is 4.79 Å². The number of hydrogen-bond donors (Lipinski definition) is 1. The summed E-state index contributed by atoms with van der Waals surface area (Å²) in [7, 11) is 0. The first-order valence-electron chi connectivity index (χ1n) is 6.23. The first kappa shape index (κ1) is 13.7. The van der Waals surface area contributed by atoms with Gasteiger partial charge in [0.2, 0.25) is 5.91 Å². The highest BCUT2D eigenvalue weighted by Crippen LogP contribution is 2.17. The molecule has 0 spiro atoms. The minimum Gasteiger partial charge on any atom is -0.320 e. The Bertz CT molecular complexity index is 376. The molecule has 1 aromatic carbocycles. The minimum absolute atomic E-state index is 0.0138. The number of hydrogen-bond acceptors (Lipinski definition) is 2. The Hall–Kier alpha value is -1.35. The molecule has 0 aliphatic heterocycles. The highest BCUT2D eigenvalue weighted by molar-refractivity contribution is 5.97. The fourth-order valence-electron chi connectivity index (χ4n) is 1.90. The number of nitrogens with two attached hydrogens (primary N) is 1. The molecule has 0 aliphatic rings. The number of likely N-dealkylation sites (N-methyl/N-ethyl adjacent to an activating group) is 1. The Kier molecular flexibility index (Phi) is 5.16. The largest absolute Gasteiger partial charge is 0.320 e. The van der Waals surface area contributed by atoms with Crippen LogP contribution in [0.4, 0.5) is 5.69 Å². The molecule has 0 fully saturated rings. The number of aryl methyl sites for hydroxylation is 1. The highest BCUT2D eigenvalue weighted by Gasteiger charge is 2.20. The van der Waals surface area contributed by atoms with Gasteiger partial charge in [0.15, 0.2) is 0 Å². The van der Waals surface area contributed by atoms with Gasteiger partial charge in [-0.25, -0.2) is 0 Å².